The van der Waals surface area contributed by atoms with Gasteiger partial charge in [0.15, 0.2) is 0 Å². The Kier molecular flexibility index (Phi) is 6.01. The molecule has 0 atom stereocenters. The third-order valence-corrected chi connectivity index (χ3v) is 6.53. The van der Waals surface area contributed by atoms with Crippen LogP contribution in [0.3, 0.4) is 0 Å². The molecule has 0 bridgehead atoms. The van der Waals surface area contributed by atoms with Crippen molar-refractivity contribution in [1.29, 1.82) is 0 Å². The van der Waals surface area contributed by atoms with E-state index in [0.29, 0.717) is 22.9 Å². The summed E-state index contributed by atoms with van der Waals surface area (Å²) in [4.78, 5) is 26.2. The van der Waals surface area contributed by atoms with Gasteiger partial charge in [0.25, 0.3) is 11.5 Å². The molecule has 0 unspecified atom stereocenters. The predicted octanol–water partition coefficient (Wildman–Crippen LogP) is 5.47. The molecule has 6 rings (SSSR count). The summed E-state index contributed by atoms with van der Waals surface area (Å²) in [6.07, 6.45) is 5.33. The van der Waals surface area contributed by atoms with Crippen molar-refractivity contribution in [3.05, 3.63) is 119 Å². The number of carbonyl (C=O) groups excluding carboxylic acids is 1. The minimum atomic E-state index is -0.484. The van der Waals surface area contributed by atoms with Crippen molar-refractivity contribution in [2.45, 2.75) is 6.92 Å². The van der Waals surface area contributed by atoms with Gasteiger partial charge in [0, 0.05) is 46.8 Å². The van der Waals surface area contributed by atoms with Crippen LogP contribution >= 0.6 is 0 Å². The predicted molar refractivity (Wildman–Crippen MR) is 150 cm³/mol. The molecule has 1 amide bonds. The third-order valence-electron chi connectivity index (χ3n) is 6.53. The summed E-state index contributed by atoms with van der Waals surface area (Å²) in [7, 11) is 1.89. The van der Waals surface area contributed by atoms with Crippen LogP contribution < -0.4 is 15.6 Å². The maximum absolute atomic E-state index is 13.2. The van der Waals surface area contributed by atoms with Gasteiger partial charge in [-0.25, -0.2) is 0 Å². The Balaban J connectivity index is 1.24. The third kappa shape index (κ3) is 4.57. The molecular weight excluding hydrogens is 492 g/mol. The highest BCUT2D eigenvalue weighted by molar-refractivity contribution is 6.04. The molecule has 2 N–H and O–H groups in total. The Labute approximate surface area is 223 Å². The van der Waals surface area contributed by atoms with Crippen molar-refractivity contribution in [2.75, 3.05) is 5.32 Å². The molecule has 0 saturated heterocycles. The average Bonchev–Trinajstić information content (AvgIpc) is 3.60. The number of benzene rings is 3. The molecular formula is C30H24N6O3. The van der Waals surface area contributed by atoms with Crippen LogP contribution in [-0.2, 0) is 7.05 Å². The number of ether oxygens (including phenoxy) is 1. The number of H-pyrrole nitrogens is 1. The molecule has 192 valence electrons. The van der Waals surface area contributed by atoms with E-state index in [2.05, 4.69) is 20.6 Å². The monoisotopic (exact) mass is 516 g/mol. The van der Waals surface area contributed by atoms with E-state index in [1.165, 1.54) is 4.57 Å². The lowest BCUT2D eigenvalue weighted by atomic mass is 10.1. The maximum atomic E-state index is 13.2. The van der Waals surface area contributed by atoms with Crippen molar-refractivity contribution in [3.63, 3.8) is 0 Å². The summed E-state index contributed by atoms with van der Waals surface area (Å²) in [6.45, 7) is 1.83. The summed E-state index contributed by atoms with van der Waals surface area (Å²) < 4.78 is 9.59. The topological polar surface area (TPSA) is 107 Å². The second-order valence-electron chi connectivity index (χ2n) is 9.11. The van der Waals surface area contributed by atoms with Crippen molar-refractivity contribution < 1.29 is 9.53 Å². The number of aromatic amines is 1. The van der Waals surface area contributed by atoms with Crippen molar-refractivity contribution >= 4 is 22.5 Å². The fraction of sp³-hybridized carbons (Fsp3) is 0.0667. The van der Waals surface area contributed by atoms with Crippen LogP contribution in [0.15, 0.2) is 102 Å². The smallest absolute Gasteiger partial charge is 0.268 e. The molecule has 9 heteroatoms. The molecule has 0 aliphatic rings. The molecule has 0 fully saturated rings. The zero-order valence-electron chi connectivity index (χ0n) is 21.3. The van der Waals surface area contributed by atoms with E-state index in [1.807, 2.05) is 61.1 Å². The van der Waals surface area contributed by atoms with Gasteiger partial charge in [0.2, 0.25) is 0 Å². The Morgan fingerprint density at radius 1 is 0.974 bits per heavy atom. The highest BCUT2D eigenvalue weighted by Crippen LogP contribution is 2.36. The lowest BCUT2D eigenvalue weighted by Gasteiger charge is -2.13. The number of rotatable bonds is 6. The van der Waals surface area contributed by atoms with E-state index in [9.17, 15) is 9.59 Å². The number of amides is 1. The van der Waals surface area contributed by atoms with E-state index in [4.69, 9.17) is 4.74 Å². The van der Waals surface area contributed by atoms with Gasteiger partial charge in [-0.05, 0) is 67.6 Å². The normalized spacial score (nSPS) is 11.0. The zero-order valence-corrected chi connectivity index (χ0v) is 21.3. The van der Waals surface area contributed by atoms with E-state index in [1.54, 1.807) is 55.0 Å². The molecule has 0 saturated carbocycles. The molecule has 0 aliphatic carbocycles. The number of aromatic nitrogens is 5. The fourth-order valence-electron chi connectivity index (χ4n) is 4.52. The van der Waals surface area contributed by atoms with Crippen LogP contribution in [0.25, 0.3) is 27.7 Å². The minimum Gasteiger partial charge on any atom is -0.457 e. The van der Waals surface area contributed by atoms with Crippen LogP contribution in [0.1, 0.15) is 16.1 Å². The number of fused-ring (bicyclic) bond motifs is 1. The van der Waals surface area contributed by atoms with E-state index in [0.717, 1.165) is 27.7 Å². The van der Waals surface area contributed by atoms with Crippen molar-refractivity contribution in [2.24, 2.45) is 7.05 Å². The second kappa shape index (κ2) is 9.79. The molecule has 3 heterocycles. The van der Waals surface area contributed by atoms with Crippen LogP contribution in [0.5, 0.6) is 11.5 Å². The number of nitrogens with zero attached hydrogens (tertiary/aromatic N) is 4. The highest BCUT2D eigenvalue weighted by Gasteiger charge is 2.16. The quantitative estimate of drug-likeness (QED) is 0.305. The molecule has 3 aromatic heterocycles. The summed E-state index contributed by atoms with van der Waals surface area (Å²) >= 11 is 0. The molecule has 0 radical (unpaired) electrons. The standard InChI is InChI=1S/C30H24N6O3/c1-19-8-13-25(30(38)36(19)23-6-4-3-5-7-23)29(37)34-22-9-11-24(12-10-22)39-28-14-20-18-33-35(2)27(20)15-26(28)21-16-31-32-17-21/h3-18H,1-2H3,(H,31,32)(H,34,37). The van der Waals surface area contributed by atoms with Gasteiger partial charge in [-0.3, -0.25) is 23.9 Å². The van der Waals surface area contributed by atoms with Gasteiger partial charge in [-0.15, -0.1) is 0 Å². The Morgan fingerprint density at radius 2 is 1.77 bits per heavy atom. The lowest BCUT2D eigenvalue weighted by molar-refractivity contribution is 0.102. The lowest BCUT2D eigenvalue weighted by Crippen LogP contribution is -2.29. The molecule has 6 aromatic rings. The number of carbonyl (C=O) groups is 1. The number of para-hydroxylation sites is 1. The van der Waals surface area contributed by atoms with Crippen LogP contribution in [0.2, 0.25) is 0 Å². The SMILES string of the molecule is Cc1ccc(C(=O)Nc2ccc(Oc3cc4cnn(C)c4cc3-c3cn[nH]c3)cc2)c(=O)n1-c1ccccc1. The number of hydrogen-bond donors (Lipinski definition) is 2. The first kappa shape index (κ1) is 23.9. The van der Waals surface area contributed by atoms with Crippen molar-refractivity contribution in [1.82, 2.24) is 24.5 Å². The number of hydrogen-bond acceptors (Lipinski definition) is 5. The molecule has 3 aromatic carbocycles. The minimum absolute atomic E-state index is 0.0549. The number of anilines is 1. The summed E-state index contributed by atoms with van der Waals surface area (Å²) in [5, 5.41) is 15.0. The maximum Gasteiger partial charge on any atom is 0.268 e. The molecule has 0 spiro atoms. The number of nitrogens with one attached hydrogen (secondary N) is 2. The van der Waals surface area contributed by atoms with Gasteiger partial charge < -0.3 is 10.1 Å². The van der Waals surface area contributed by atoms with Gasteiger partial charge >= 0.3 is 0 Å². The molecule has 9 nitrogen and oxygen atoms in total. The Bertz CT molecular complexity index is 1850. The van der Waals surface area contributed by atoms with E-state index in [-0.39, 0.29) is 11.1 Å². The first-order valence-electron chi connectivity index (χ1n) is 12.3. The number of aryl methyl sites for hydroxylation is 2. The fourth-order valence-corrected chi connectivity index (χ4v) is 4.52. The van der Waals surface area contributed by atoms with Crippen LogP contribution in [0.4, 0.5) is 5.69 Å². The zero-order chi connectivity index (χ0) is 26.9. The highest BCUT2D eigenvalue weighted by atomic mass is 16.5. The van der Waals surface area contributed by atoms with Gasteiger partial charge in [-0.2, -0.15) is 10.2 Å². The second-order valence-corrected chi connectivity index (χ2v) is 9.11. The Hall–Kier alpha value is -5.44. The first-order chi connectivity index (χ1) is 19.0. The van der Waals surface area contributed by atoms with Gasteiger partial charge in [0.05, 0.1) is 17.9 Å². The Morgan fingerprint density at radius 3 is 2.51 bits per heavy atom. The van der Waals surface area contributed by atoms with Crippen molar-refractivity contribution in [3.8, 4) is 28.3 Å². The molecule has 0 aliphatic heterocycles. The van der Waals surface area contributed by atoms with Crippen LogP contribution in [0, 0.1) is 6.92 Å². The van der Waals surface area contributed by atoms with Gasteiger partial charge in [0.1, 0.15) is 17.1 Å². The van der Waals surface area contributed by atoms with E-state index >= 15 is 0 Å². The number of pyridine rings is 1. The summed E-state index contributed by atoms with van der Waals surface area (Å²) in [5.41, 5.74) is 4.38. The van der Waals surface area contributed by atoms with E-state index < -0.39 is 5.91 Å². The average molecular weight is 517 g/mol. The largest absolute Gasteiger partial charge is 0.457 e. The molecule has 39 heavy (non-hydrogen) atoms. The van der Waals surface area contributed by atoms with Gasteiger partial charge in [-0.1, -0.05) is 18.2 Å². The summed E-state index contributed by atoms with van der Waals surface area (Å²) in [6, 6.07) is 23.5. The first-order valence-corrected chi connectivity index (χ1v) is 12.3. The summed E-state index contributed by atoms with van der Waals surface area (Å²) in [5.74, 6) is 0.750. The van der Waals surface area contributed by atoms with Crippen LogP contribution in [-0.4, -0.2) is 30.5 Å².